The van der Waals surface area contributed by atoms with E-state index in [0.29, 0.717) is 13.2 Å². The van der Waals surface area contributed by atoms with Crippen LogP contribution in [0.4, 0.5) is 4.79 Å². The van der Waals surface area contributed by atoms with Gasteiger partial charge in [-0.1, -0.05) is 0 Å². The SMILES string of the molecule is C[C@H]1CN(C(=O)OC(C)(C)C)[C@@H](CO)CO1. The number of carbonyl (C=O) groups excluding carboxylic acids is 1. The van der Waals surface area contributed by atoms with Crippen LogP contribution in [0.5, 0.6) is 0 Å². The quantitative estimate of drug-likeness (QED) is 0.731. The number of morpholine rings is 1. The number of hydrogen-bond donors (Lipinski definition) is 1. The van der Waals surface area contributed by atoms with Crippen LogP contribution in [-0.2, 0) is 9.47 Å². The molecule has 94 valence electrons. The van der Waals surface area contributed by atoms with Gasteiger partial charge in [0.2, 0.25) is 0 Å². The number of hydrogen-bond acceptors (Lipinski definition) is 4. The van der Waals surface area contributed by atoms with Gasteiger partial charge < -0.3 is 14.6 Å². The molecule has 5 heteroatoms. The van der Waals surface area contributed by atoms with Gasteiger partial charge in [0.25, 0.3) is 0 Å². The van der Waals surface area contributed by atoms with Gasteiger partial charge in [-0.3, -0.25) is 4.90 Å². The van der Waals surface area contributed by atoms with E-state index in [-0.39, 0.29) is 24.8 Å². The maximum absolute atomic E-state index is 11.9. The number of amides is 1. The van der Waals surface area contributed by atoms with Crippen LogP contribution in [0.1, 0.15) is 27.7 Å². The monoisotopic (exact) mass is 231 g/mol. The fraction of sp³-hybridized carbons (Fsp3) is 0.909. The summed E-state index contributed by atoms with van der Waals surface area (Å²) >= 11 is 0. The first-order valence-electron chi connectivity index (χ1n) is 5.55. The van der Waals surface area contributed by atoms with E-state index >= 15 is 0 Å². The highest BCUT2D eigenvalue weighted by molar-refractivity contribution is 5.68. The predicted molar refractivity (Wildman–Crippen MR) is 59.2 cm³/mol. The van der Waals surface area contributed by atoms with E-state index in [1.807, 2.05) is 27.7 Å². The van der Waals surface area contributed by atoms with Crippen LogP contribution in [0.15, 0.2) is 0 Å². The fourth-order valence-electron chi connectivity index (χ4n) is 1.54. The molecule has 1 amide bonds. The zero-order chi connectivity index (χ0) is 12.3. The third-order valence-corrected chi connectivity index (χ3v) is 2.31. The Bertz CT molecular complexity index is 249. The molecule has 1 aliphatic heterocycles. The molecule has 5 nitrogen and oxygen atoms in total. The minimum absolute atomic E-state index is 0.0182. The highest BCUT2D eigenvalue weighted by Crippen LogP contribution is 2.16. The smallest absolute Gasteiger partial charge is 0.410 e. The molecule has 0 aromatic carbocycles. The standard InChI is InChI=1S/C11H21NO4/c1-8-5-12(9(6-13)7-15-8)10(14)16-11(2,3)4/h8-9,13H,5-7H2,1-4H3/t8-,9-/m0/s1. The summed E-state index contributed by atoms with van der Waals surface area (Å²) in [5.74, 6) is 0. The molecule has 0 bridgehead atoms. The van der Waals surface area contributed by atoms with Crippen molar-refractivity contribution in [3.63, 3.8) is 0 Å². The van der Waals surface area contributed by atoms with Crippen LogP contribution in [0.25, 0.3) is 0 Å². The lowest BCUT2D eigenvalue weighted by atomic mass is 10.2. The molecule has 0 saturated carbocycles. The number of carbonyl (C=O) groups is 1. The van der Waals surface area contributed by atoms with Crippen molar-refractivity contribution in [1.29, 1.82) is 0 Å². The van der Waals surface area contributed by atoms with Crippen LogP contribution < -0.4 is 0 Å². The summed E-state index contributed by atoms with van der Waals surface area (Å²) < 4.78 is 10.7. The van der Waals surface area contributed by atoms with E-state index in [9.17, 15) is 4.79 Å². The lowest BCUT2D eigenvalue weighted by Gasteiger charge is -2.38. The highest BCUT2D eigenvalue weighted by atomic mass is 16.6. The predicted octanol–water partition coefficient (Wildman–Crippen LogP) is 1.00. The molecule has 1 heterocycles. The van der Waals surface area contributed by atoms with E-state index in [0.717, 1.165) is 0 Å². The van der Waals surface area contributed by atoms with Crippen LogP contribution in [0.3, 0.4) is 0 Å². The second kappa shape index (κ2) is 5.01. The van der Waals surface area contributed by atoms with Gasteiger partial charge in [-0.2, -0.15) is 0 Å². The van der Waals surface area contributed by atoms with E-state index in [4.69, 9.17) is 14.6 Å². The molecule has 0 spiro atoms. The topological polar surface area (TPSA) is 59.0 Å². The maximum atomic E-state index is 11.9. The summed E-state index contributed by atoms with van der Waals surface area (Å²) in [6.07, 6.45) is -0.406. The Morgan fingerprint density at radius 3 is 2.69 bits per heavy atom. The molecule has 1 saturated heterocycles. The molecular formula is C11H21NO4. The first-order valence-corrected chi connectivity index (χ1v) is 5.55. The summed E-state index contributed by atoms with van der Waals surface area (Å²) in [7, 11) is 0. The molecule has 0 aliphatic carbocycles. The normalized spacial score (nSPS) is 26.7. The van der Waals surface area contributed by atoms with Crippen molar-refractivity contribution in [3.05, 3.63) is 0 Å². The molecule has 0 unspecified atom stereocenters. The zero-order valence-corrected chi connectivity index (χ0v) is 10.4. The first kappa shape index (κ1) is 13.3. The van der Waals surface area contributed by atoms with E-state index in [2.05, 4.69) is 0 Å². The lowest BCUT2D eigenvalue weighted by molar-refractivity contribution is -0.0741. The Balaban J connectivity index is 2.63. The van der Waals surface area contributed by atoms with Crippen molar-refractivity contribution in [3.8, 4) is 0 Å². The number of ether oxygens (including phenoxy) is 2. The molecule has 1 aliphatic rings. The molecule has 16 heavy (non-hydrogen) atoms. The zero-order valence-electron chi connectivity index (χ0n) is 10.4. The van der Waals surface area contributed by atoms with Crippen molar-refractivity contribution in [1.82, 2.24) is 4.90 Å². The average molecular weight is 231 g/mol. The van der Waals surface area contributed by atoms with Crippen molar-refractivity contribution >= 4 is 6.09 Å². The third-order valence-electron chi connectivity index (χ3n) is 2.31. The van der Waals surface area contributed by atoms with Crippen LogP contribution in [0.2, 0.25) is 0 Å². The molecule has 0 aromatic rings. The second-order valence-electron chi connectivity index (χ2n) is 5.11. The third kappa shape index (κ3) is 3.64. The summed E-state index contributed by atoms with van der Waals surface area (Å²) in [6, 6.07) is -0.300. The highest BCUT2D eigenvalue weighted by Gasteiger charge is 2.32. The van der Waals surface area contributed by atoms with Crippen molar-refractivity contribution < 1.29 is 19.4 Å². The molecule has 1 N–H and O–H groups in total. The summed E-state index contributed by atoms with van der Waals surface area (Å²) in [5, 5.41) is 9.17. The van der Waals surface area contributed by atoms with Crippen molar-refractivity contribution in [2.45, 2.75) is 45.4 Å². The average Bonchev–Trinajstić information content (AvgIpc) is 2.15. The molecule has 0 radical (unpaired) electrons. The Kier molecular flexibility index (Phi) is 4.15. The summed E-state index contributed by atoms with van der Waals surface area (Å²) in [5.41, 5.74) is -0.515. The number of aliphatic hydroxyl groups is 1. The van der Waals surface area contributed by atoms with Gasteiger partial charge in [0, 0.05) is 0 Å². The molecular weight excluding hydrogens is 210 g/mol. The molecule has 1 rings (SSSR count). The summed E-state index contributed by atoms with van der Waals surface area (Å²) in [4.78, 5) is 13.4. The van der Waals surface area contributed by atoms with Crippen LogP contribution >= 0.6 is 0 Å². The minimum atomic E-state index is -0.515. The van der Waals surface area contributed by atoms with Gasteiger partial charge in [-0.05, 0) is 27.7 Å². The number of rotatable bonds is 1. The van der Waals surface area contributed by atoms with Crippen LogP contribution in [0, 0.1) is 0 Å². The molecule has 0 aromatic heterocycles. The van der Waals surface area contributed by atoms with Gasteiger partial charge in [0.15, 0.2) is 0 Å². The van der Waals surface area contributed by atoms with Gasteiger partial charge in [0.1, 0.15) is 5.60 Å². The lowest BCUT2D eigenvalue weighted by Crippen LogP contribution is -2.54. The van der Waals surface area contributed by atoms with Gasteiger partial charge >= 0.3 is 6.09 Å². The van der Waals surface area contributed by atoms with Crippen molar-refractivity contribution in [2.24, 2.45) is 0 Å². The first-order chi connectivity index (χ1) is 7.33. The van der Waals surface area contributed by atoms with Crippen LogP contribution in [-0.4, -0.2) is 53.6 Å². The van der Waals surface area contributed by atoms with Gasteiger partial charge in [0.05, 0.1) is 31.9 Å². The Morgan fingerprint density at radius 2 is 2.19 bits per heavy atom. The van der Waals surface area contributed by atoms with Crippen molar-refractivity contribution in [2.75, 3.05) is 19.8 Å². The van der Waals surface area contributed by atoms with E-state index < -0.39 is 5.60 Å². The number of aliphatic hydroxyl groups excluding tert-OH is 1. The second-order valence-corrected chi connectivity index (χ2v) is 5.11. The van der Waals surface area contributed by atoms with Gasteiger partial charge in [-0.25, -0.2) is 4.79 Å². The number of nitrogens with zero attached hydrogens (tertiary/aromatic N) is 1. The molecule has 1 fully saturated rings. The Hall–Kier alpha value is -0.810. The fourth-order valence-corrected chi connectivity index (χ4v) is 1.54. The Morgan fingerprint density at radius 1 is 1.56 bits per heavy atom. The minimum Gasteiger partial charge on any atom is -0.444 e. The summed E-state index contributed by atoms with van der Waals surface area (Å²) in [6.45, 7) is 8.07. The Labute approximate surface area is 96.3 Å². The maximum Gasteiger partial charge on any atom is 0.410 e. The van der Waals surface area contributed by atoms with E-state index in [1.54, 1.807) is 4.90 Å². The molecule has 2 atom stereocenters. The largest absolute Gasteiger partial charge is 0.444 e. The van der Waals surface area contributed by atoms with Gasteiger partial charge in [-0.15, -0.1) is 0 Å². The van der Waals surface area contributed by atoms with E-state index in [1.165, 1.54) is 0 Å².